The first-order valence-corrected chi connectivity index (χ1v) is 6.55. The van der Waals surface area contributed by atoms with Crippen LogP contribution in [0.5, 0.6) is 0 Å². The second-order valence-corrected chi connectivity index (χ2v) is 4.91. The first kappa shape index (κ1) is 15.2. The Morgan fingerprint density at radius 2 is 2.00 bits per heavy atom. The predicted molar refractivity (Wildman–Crippen MR) is 70.3 cm³/mol. The van der Waals surface area contributed by atoms with Gasteiger partial charge >= 0.3 is 12.2 Å². The predicted octanol–water partition coefficient (Wildman–Crippen LogP) is 3.52. The summed E-state index contributed by atoms with van der Waals surface area (Å²) in [4.78, 5) is 11.8. The van der Waals surface area contributed by atoms with Crippen LogP contribution in [0.3, 0.4) is 0 Å². The molecule has 21 heavy (non-hydrogen) atoms. The van der Waals surface area contributed by atoms with Crippen molar-refractivity contribution in [3.8, 4) is 6.07 Å². The molecule has 1 fully saturated rings. The zero-order valence-electron chi connectivity index (χ0n) is 11.1. The molecule has 112 valence electrons. The molecule has 2 N–H and O–H groups in total. The summed E-state index contributed by atoms with van der Waals surface area (Å²) in [6.45, 7) is 0. The van der Waals surface area contributed by atoms with E-state index in [2.05, 4.69) is 16.7 Å². The summed E-state index contributed by atoms with van der Waals surface area (Å²) in [5, 5.41) is 13.7. The number of amides is 2. The van der Waals surface area contributed by atoms with Crippen molar-refractivity contribution in [3.05, 3.63) is 29.8 Å². The first-order chi connectivity index (χ1) is 9.91. The lowest BCUT2D eigenvalue weighted by molar-refractivity contribution is -0.136. The van der Waals surface area contributed by atoms with Crippen LogP contribution in [0.1, 0.15) is 24.8 Å². The van der Waals surface area contributed by atoms with Crippen molar-refractivity contribution in [2.75, 3.05) is 5.32 Å². The number of nitrogens with one attached hydrogen (secondary N) is 2. The second kappa shape index (κ2) is 6.04. The third-order valence-electron chi connectivity index (χ3n) is 3.48. The fourth-order valence-corrected chi connectivity index (χ4v) is 2.45. The van der Waals surface area contributed by atoms with E-state index in [9.17, 15) is 18.0 Å². The van der Waals surface area contributed by atoms with Crippen molar-refractivity contribution in [1.29, 1.82) is 5.26 Å². The van der Waals surface area contributed by atoms with E-state index < -0.39 is 17.8 Å². The molecular weight excluding hydrogens is 283 g/mol. The Morgan fingerprint density at radius 3 is 2.67 bits per heavy atom. The Kier molecular flexibility index (Phi) is 4.36. The van der Waals surface area contributed by atoms with E-state index in [0.717, 1.165) is 12.5 Å². The number of alkyl halides is 3. The molecule has 2 rings (SSSR count). The molecule has 0 aromatic heterocycles. The molecule has 1 saturated carbocycles. The van der Waals surface area contributed by atoms with Gasteiger partial charge in [0.1, 0.15) is 0 Å². The summed E-state index contributed by atoms with van der Waals surface area (Å²) in [5.74, 6) is -0.284. The Balaban J connectivity index is 2.05. The maximum atomic E-state index is 12.8. The van der Waals surface area contributed by atoms with E-state index in [-0.39, 0.29) is 17.6 Å². The zero-order valence-corrected chi connectivity index (χ0v) is 11.1. The smallest absolute Gasteiger partial charge is 0.334 e. The van der Waals surface area contributed by atoms with Gasteiger partial charge in [0.25, 0.3) is 0 Å². The third kappa shape index (κ3) is 3.66. The molecule has 0 radical (unpaired) electrons. The van der Waals surface area contributed by atoms with Gasteiger partial charge in [0.2, 0.25) is 0 Å². The summed E-state index contributed by atoms with van der Waals surface area (Å²) in [6, 6.07) is 5.83. The van der Waals surface area contributed by atoms with Gasteiger partial charge in [-0.15, -0.1) is 0 Å². The standard InChI is InChI=1S/C14H14F3N3O/c15-14(16,17)10-5-1-2-6-12(10)20-13(21)19-11-7-3-4-9(11)8-18/h1-2,5-6,9,11H,3-4,7H2,(H2,19,20,21). The van der Waals surface area contributed by atoms with Crippen LogP contribution in [0.4, 0.5) is 23.7 Å². The SMILES string of the molecule is N#CC1CCCC1NC(=O)Nc1ccccc1C(F)(F)F. The highest BCUT2D eigenvalue weighted by molar-refractivity contribution is 5.90. The minimum Gasteiger partial charge on any atom is -0.334 e. The number of hydrogen-bond acceptors (Lipinski definition) is 2. The largest absolute Gasteiger partial charge is 0.418 e. The van der Waals surface area contributed by atoms with E-state index >= 15 is 0 Å². The number of nitrogens with zero attached hydrogens (tertiary/aromatic N) is 1. The minimum atomic E-state index is -4.54. The number of anilines is 1. The molecule has 0 bridgehead atoms. The fourth-order valence-electron chi connectivity index (χ4n) is 2.45. The van der Waals surface area contributed by atoms with E-state index in [1.165, 1.54) is 18.2 Å². The van der Waals surface area contributed by atoms with Gasteiger partial charge in [-0.1, -0.05) is 12.1 Å². The van der Waals surface area contributed by atoms with E-state index in [1.807, 2.05) is 0 Å². The average Bonchev–Trinajstić information content (AvgIpc) is 2.85. The molecule has 4 nitrogen and oxygen atoms in total. The highest BCUT2D eigenvalue weighted by Gasteiger charge is 2.34. The van der Waals surface area contributed by atoms with Gasteiger partial charge in [0.15, 0.2) is 0 Å². The zero-order chi connectivity index (χ0) is 15.5. The van der Waals surface area contributed by atoms with Crippen molar-refractivity contribution < 1.29 is 18.0 Å². The molecule has 1 aliphatic carbocycles. The van der Waals surface area contributed by atoms with E-state index in [4.69, 9.17) is 5.26 Å². The number of rotatable bonds is 2. The van der Waals surface area contributed by atoms with Crippen LogP contribution in [0.25, 0.3) is 0 Å². The number of urea groups is 1. The molecule has 0 aliphatic heterocycles. The summed E-state index contributed by atoms with van der Waals surface area (Å²) in [6.07, 6.45) is -2.36. The van der Waals surface area contributed by atoms with Gasteiger partial charge in [-0.05, 0) is 31.4 Å². The number of carbonyl (C=O) groups is 1. The summed E-state index contributed by atoms with van der Waals surface area (Å²) in [5.41, 5.74) is -1.20. The average molecular weight is 297 g/mol. The number of benzene rings is 1. The quantitative estimate of drug-likeness (QED) is 0.877. The molecule has 2 amide bonds. The van der Waals surface area contributed by atoms with Crippen molar-refractivity contribution in [2.45, 2.75) is 31.5 Å². The minimum absolute atomic E-state index is 0.284. The molecular formula is C14H14F3N3O. The van der Waals surface area contributed by atoms with E-state index in [1.54, 1.807) is 0 Å². The highest BCUT2D eigenvalue weighted by Crippen LogP contribution is 2.34. The number of halogens is 3. The molecule has 1 aliphatic rings. The molecule has 0 saturated heterocycles. The van der Waals surface area contributed by atoms with Crippen LogP contribution >= 0.6 is 0 Å². The third-order valence-corrected chi connectivity index (χ3v) is 3.48. The number of hydrogen-bond donors (Lipinski definition) is 2. The fraction of sp³-hybridized carbons (Fsp3) is 0.429. The Hall–Kier alpha value is -2.23. The van der Waals surface area contributed by atoms with Crippen molar-refractivity contribution in [3.63, 3.8) is 0 Å². The lowest BCUT2D eigenvalue weighted by Gasteiger charge is -2.18. The molecule has 2 atom stereocenters. The first-order valence-electron chi connectivity index (χ1n) is 6.55. The van der Waals surface area contributed by atoms with Crippen molar-refractivity contribution in [2.24, 2.45) is 5.92 Å². The van der Waals surface area contributed by atoms with Gasteiger partial charge in [-0.2, -0.15) is 18.4 Å². The summed E-state index contributed by atoms with van der Waals surface area (Å²) < 4.78 is 38.4. The van der Waals surface area contributed by atoms with Crippen LogP contribution in [0.2, 0.25) is 0 Å². The molecule has 1 aromatic rings. The molecule has 2 unspecified atom stereocenters. The van der Waals surface area contributed by atoms with Crippen LogP contribution in [0, 0.1) is 17.2 Å². The Bertz CT molecular complexity index is 565. The lowest BCUT2D eigenvalue weighted by Crippen LogP contribution is -2.40. The monoisotopic (exact) mass is 297 g/mol. The maximum Gasteiger partial charge on any atom is 0.418 e. The number of carbonyl (C=O) groups excluding carboxylic acids is 1. The van der Waals surface area contributed by atoms with Gasteiger partial charge in [0.05, 0.1) is 23.2 Å². The Morgan fingerprint density at radius 1 is 1.29 bits per heavy atom. The normalized spacial score (nSPS) is 21.6. The maximum absolute atomic E-state index is 12.8. The van der Waals surface area contributed by atoms with Crippen molar-refractivity contribution >= 4 is 11.7 Å². The topological polar surface area (TPSA) is 64.9 Å². The van der Waals surface area contributed by atoms with Crippen LogP contribution in [0.15, 0.2) is 24.3 Å². The van der Waals surface area contributed by atoms with Crippen LogP contribution < -0.4 is 10.6 Å². The van der Waals surface area contributed by atoms with Gasteiger partial charge in [-0.3, -0.25) is 0 Å². The van der Waals surface area contributed by atoms with Gasteiger partial charge in [0, 0.05) is 6.04 Å². The van der Waals surface area contributed by atoms with Crippen molar-refractivity contribution in [1.82, 2.24) is 5.32 Å². The van der Waals surface area contributed by atoms with Gasteiger partial charge in [-0.25, -0.2) is 4.79 Å². The Labute approximate surface area is 119 Å². The molecule has 0 heterocycles. The number of para-hydroxylation sites is 1. The van der Waals surface area contributed by atoms with Crippen LogP contribution in [-0.4, -0.2) is 12.1 Å². The van der Waals surface area contributed by atoms with E-state index in [0.29, 0.717) is 12.8 Å². The number of nitriles is 1. The summed E-state index contributed by atoms with van der Waals surface area (Å²) >= 11 is 0. The highest BCUT2D eigenvalue weighted by atomic mass is 19.4. The van der Waals surface area contributed by atoms with Gasteiger partial charge < -0.3 is 10.6 Å². The lowest BCUT2D eigenvalue weighted by atomic mass is 10.1. The molecule has 0 spiro atoms. The molecule has 7 heteroatoms. The second-order valence-electron chi connectivity index (χ2n) is 4.91. The van der Waals surface area contributed by atoms with Crippen LogP contribution in [-0.2, 0) is 6.18 Å². The molecule has 1 aromatic carbocycles. The summed E-state index contributed by atoms with van der Waals surface area (Å²) in [7, 11) is 0.